The van der Waals surface area contributed by atoms with Crippen molar-refractivity contribution in [3.05, 3.63) is 65.4 Å². The Bertz CT molecular complexity index is 1040. The van der Waals surface area contributed by atoms with Crippen LogP contribution >= 0.6 is 11.6 Å². The second kappa shape index (κ2) is 8.06. The summed E-state index contributed by atoms with van der Waals surface area (Å²) in [5.41, 5.74) is 1.08. The number of fused-ring (bicyclic) bond motifs is 2. The second-order valence-electron chi connectivity index (χ2n) is 8.33. The Morgan fingerprint density at radius 3 is 2.93 bits per heavy atom. The molecule has 0 unspecified atom stereocenters. The fourth-order valence-electron chi connectivity index (χ4n) is 4.58. The van der Waals surface area contributed by atoms with Gasteiger partial charge >= 0.3 is 0 Å². The van der Waals surface area contributed by atoms with Crippen molar-refractivity contribution in [2.24, 2.45) is 0 Å². The van der Waals surface area contributed by atoms with Crippen LogP contribution in [0.15, 0.2) is 54.9 Å². The second-order valence-corrected chi connectivity index (χ2v) is 8.77. The number of pyridine rings is 1. The predicted molar refractivity (Wildman–Crippen MR) is 117 cm³/mol. The van der Waals surface area contributed by atoms with Crippen LogP contribution in [0.25, 0.3) is 10.8 Å². The summed E-state index contributed by atoms with van der Waals surface area (Å²) >= 11 is 6.13. The van der Waals surface area contributed by atoms with E-state index in [2.05, 4.69) is 9.88 Å². The first-order valence-corrected chi connectivity index (χ1v) is 10.8. The van der Waals surface area contributed by atoms with Gasteiger partial charge in [0.05, 0.1) is 0 Å². The number of piperidine rings is 1. The smallest absolute Gasteiger partial charge is 0.127 e. The molecule has 156 valence electrons. The van der Waals surface area contributed by atoms with Crippen LogP contribution in [0.5, 0.6) is 11.5 Å². The van der Waals surface area contributed by atoms with Crippen LogP contribution in [0.4, 0.5) is 0 Å². The number of nitrogens with zero attached hydrogens (tertiary/aromatic N) is 2. The summed E-state index contributed by atoms with van der Waals surface area (Å²) in [4.78, 5) is 6.44. The fraction of sp³-hybridized carbons (Fsp3) is 0.375. The Morgan fingerprint density at radius 1 is 1.20 bits per heavy atom. The molecule has 6 heteroatoms. The van der Waals surface area contributed by atoms with E-state index in [1.54, 1.807) is 6.20 Å². The lowest BCUT2D eigenvalue weighted by molar-refractivity contribution is -0.00186. The zero-order chi connectivity index (χ0) is 20.6. The highest BCUT2D eigenvalue weighted by atomic mass is 35.5. The average molecular weight is 425 g/mol. The first-order valence-electron chi connectivity index (χ1n) is 10.4. The lowest BCUT2D eigenvalue weighted by Gasteiger charge is -2.39. The topological polar surface area (TPSA) is 54.8 Å². The van der Waals surface area contributed by atoms with Crippen molar-refractivity contribution in [2.75, 3.05) is 26.2 Å². The Labute approximate surface area is 181 Å². The maximum atomic E-state index is 10.5. The summed E-state index contributed by atoms with van der Waals surface area (Å²) < 4.78 is 12.2. The largest absolute Gasteiger partial charge is 0.490 e. The first kappa shape index (κ1) is 19.6. The normalized spacial score (nSPS) is 18.9. The fourth-order valence-corrected chi connectivity index (χ4v) is 4.77. The number of halogens is 1. The van der Waals surface area contributed by atoms with Crippen LogP contribution in [0.3, 0.4) is 0 Å². The number of hydrogen-bond donors (Lipinski definition) is 1. The molecule has 2 aliphatic rings. The number of benzene rings is 2. The quantitative estimate of drug-likeness (QED) is 0.668. The molecule has 0 bridgehead atoms. The van der Waals surface area contributed by atoms with Gasteiger partial charge in [0, 0.05) is 67.1 Å². The average Bonchev–Trinajstić information content (AvgIpc) is 3.11. The molecule has 1 atom stereocenters. The van der Waals surface area contributed by atoms with Gasteiger partial charge in [-0.05, 0) is 35.9 Å². The number of aliphatic hydroxyl groups excluding tert-OH is 1. The van der Waals surface area contributed by atoms with E-state index in [0.29, 0.717) is 6.54 Å². The van der Waals surface area contributed by atoms with E-state index >= 15 is 0 Å². The van der Waals surface area contributed by atoms with Crippen LogP contribution in [0, 0.1) is 0 Å². The van der Waals surface area contributed by atoms with Gasteiger partial charge in [-0.1, -0.05) is 23.7 Å². The zero-order valence-electron chi connectivity index (χ0n) is 16.8. The molecule has 5 nitrogen and oxygen atoms in total. The molecule has 1 spiro atoms. The maximum absolute atomic E-state index is 10.5. The van der Waals surface area contributed by atoms with Gasteiger partial charge in [0.2, 0.25) is 0 Å². The van der Waals surface area contributed by atoms with E-state index in [4.69, 9.17) is 21.1 Å². The summed E-state index contributed by atoms with van der Waals surface area (Å²) in [6.45, 7) is 2.67. The van der Waals surface area contributed by atoms with Crippen molar-refractivity contribution in [3.63, 3.8) is 0 Å². The van der Waals surface area contributed by atoms with Crippen molar-refractivity contribution in [1.29, 1.82) is 0 Å². The Balaban J connectivity index is 1.13. The number of β-amino-alcohol motifs (C(OH)–C–C–N with tert-alkyl or cyclic N) is 1. The Morgan fingerprint density at radius 2 is 2.07 bits per heavy atom. The van der Waals surface area contributed by atoms with Gasteiger partial charge in [-0.3, -0.25) is 4.98 Å². The molecule has 30 heavy (non-hydrogen) atoms. The van der Waals surface area contributed by atoms with E-state index in [0.717, 1.165) is 59.6 Å². The molecule has 1 aromatic heterocycles. The van der Waals surface area contributed by atoms with Gasteiger partial charge in [-0.2, -0.15) is 0 Å². The lowest BCUT2D eigenvalue weighted by atomic mass is 9.87. The molecule has 0 saturated carbocycles. The van der Waals surface area contributed by atoms with E-state index in [1.807, 2.05) is 48.7 Å². The summed E-state index contributed by atoms with van der Waals surface area (Å²) in [6.07, 6.45) is 5.84. The number of hydrogen-bond acceptors (Lipinski definition) is 5. The van der Waals surface area contributed by atoms with Gasteiger partial charge < -0.3 is 19.5 Å². The van der Waals surface area contributed by atoms with E-state index in [9.17, 15) is 5.11 Å². The van der Waals surface area contributed by atoms with E-state index < -0.39 is 6.10 Å². The minimum Gasteiger partial charge on any atom is -0.490 e. The number of aliphatic hydroxyl groups is 1. The molecular formula is C24H25ClN2O3. The van der Waals surface area contributed by atoms with Crippen LogP contribution in [-0.4, -0.2) is 52.9 Å². The molecule has 3 heterocycles. The molecule has 0 aliphatic carbocycles. The van der Waals surface area contributed by atoms with Gasteiger partial charge in [-0.25, -0.2) is 0 Å². The first-order chi connectivity index (χ1) is 14.6. The third kappa shape index (κ3) is 3.97. The van der Waals surface area contributed by atoms with E-state index in [-0.39, 0.29) is 12.2 Å². The van der Waals surface area contributed by atoms with Crippen molar-refractivity contribution in [1.82, 2.24) is 9.88 Å². The molecule has 3 aromatic rings. The van der Waals surface area contributed by atoms with Crippen LogP contribution in [0.1, 0.15) is 18.4 Å². The third-order valence-electron chi connectivity index (χ3n) is 6.17. The minimum absolute atomic E-state index is 0.123. The summed E-state index contributed by atoms with van der Waals surface area (Å²) in [5, 5.41) is 13.3. The Kier molecular flexibility index (Phi) is 5.27. The molecule has 1 saturated heterocycles. The highest BCUT2D eigenvalue weighted by Gasteiger charge is 2.42. The summed E-state index contributed by atoms with van der Waals surface area (Å²) in [7, 11) is 0. The van der Waals surface area contributed by atoms with Gasteiger partial charge in [0.1, 0.15) is 29.8 Å². The van der Waals surface area contributed by atoms with E-state index in [1.165, 1.54) is 5.56 Å². The highest BCUT2D eigenvalue weighted by Crippen LogP contribution is 2.41. The zero-order valence-corrected chi connectivity index (χ0v) is 17.5. The van der Waals surface area contributed by atoms with Gasteiger partial charge in [-0.15, -0.1) is 0 Å². The highest BCUT2D eigenvalue weighted by molar-refractivity contribution is 6.30. The lowest BCUT2D eigenvalue weighted by Crippen LogP contribution is -2.49. The van der Waals surface area contributed by atoms with Crippen molar-refractivity contribution in [3.8, 4) is 11.5 Å². The Hall–Kier alpha value is -2.34. The number of likely N-dealkylation sites (tertiary alicyclic amines) is 1. The molecule has 1 N–H and O–H groups in total. The third-order valence-corrected chi connectivity index (χ3v) is 6.40. The standard InChI is InChI=1S/C24H25ClN2O3/c25-19-4-5-22-18(12-19)13-24(30-22)7-10-27(11-8-24)15-20(28)16-29-23-3-1-2-17-14-26-9-6-21(17)23/h1-6,9,12,14,20,28H,7-8,10-11,13,15-16H2/t20-/m0/s1. The SMILES string of the molecule is O[C@H](COc1cccc2cnccc12)CN1CCC2(CC1)Cc1cc(Cl)ccc1O2. The molecule has 2 aromatic carbocycles. The summed E-state index contributed by atoms with van der Waals surface area (Å²) in [5.74, 6) is 1.74. The molecule has 0 amide bonds. The van der Waals surface area contributed by atoms with Gasteiger partial charge in [0.15, 0.2) is 0 Å². The predicted octanol–water partition coefficient (Wildman–Crippen LogP) is 4.10. The molecule has 2 aliphatic heterocycles. The number of ether oxygens (including phenoxy) is 2. The van der Waals surface area contributed by atoms with Crippen molar-refractivity contribution in [2.45, 2.75) is 31.0 Å². The van der Waals surface area contributed by atoms with Crippen LogP contribution in [-0.2, 0) is 6.42 Å². The number of rotatable bonds is 5. The minimum atomic E-state index is -0.545. The van der Waals surface area contributed by atoms with Crippen LogP contribution in [0.2, 0.25) is 5.02 Å². The molecule has 5 rings (SSSR count). The molecule has 1 fully saturated rings. The van der Waals surface area contributed by atoms with Crippen molar-refractivity contribution < 1.29 is 14.6 Å². The summed E-state index contributed by atoms with van der Waals surface area (Å²) in [6, 6.07) is 13.7. The van der Waals surface area contributed by atoms with Gasteiger partial charge in [0.25, 0.3) is 0 Å². The van der Waals surface area contributed by atoms with Crippen LogP contribution < -0.4 is 9.47 Å². The van der Waals surface area contributed by atoms with Crippen molar-refractivity contribution >= 4 is 22.4 Å². The molecular weight excluding hydrogens is 400 g/mol. The molecule has 0 radical (unpaired) electrons. The monoisotopic (exact) mass is 424 g/mol. The number of aromatic nitrogens is 1. The maximum Gasteiger partial charge on any atom is 0.127 e.